The Morgan fingerprint density at radius 2 is 2.29 bits per heavy atom. The zero-order chi connectivity index (χ0) is 10.6. The number of hydrogen-bond donors (Lipinski definition) is 1. The third kappa shape index (κ3) is 2.93. The number of aryl methyl sites for hydroxylation is 1. The second-order valence-electron chi connectivity index (χ2n) is 2.81. The van der Waals surface area contributed by atoms with Gasteiger partial charge in [0, 0.05) is 10.0 Å². The Bertz CT molecular complexity index is 329. The van der Waals surface area contributed by atoms with Crippen molar-refractivity contribution < 1.29 is 4.74 Å². The van der Waals surface area contributed by atoms with Gasteiger partial charge in [0.2, 0.25) is 0 Å². The fourth-order valence-electron chi connectivity index (χ4n) is 1.12. The largest absolute Gasteiger partial charge is 0.487 e. The van der Waals surface area contributed by atoms with E-state index in [0.717, 1.165) is 10.0 Å². The predicted molar refractivity (Wildman–Crippen MR) is 63.8 cm³/mol. The van der Waals surface area contributed by atoms with Crippen LogP contribution >= 0.6 is 27.5 Å². The van der Waals surface area contributed by atoms with Gasteiger partial charge in [0.1, 0.15) is 12.4 Å². The van der Waals surface area contributed by atoms with E-state index < -0.39 is 0 Å². The van der Waals surface area contributed by atoms with Gasteiger partial charge in [-0.05, 0) is 30.7 Å². The maximum Gasteiger partial charge on any atom is 0.145 e. The van der Waals surface area contributed by atoms with E-state index in [1.54, 1.807) is 6.08 Å². The highest BCUT2D eigenvalue weighted by molar-refractivity contribution is 9.10. The Balaban J connectivity index is 2.85. The SMILES string of the molecule is Cc1cc(Br)cc(N)c1OC/C=C/Cl. The molecule has 0 radical (unpaired) electrons. The van der Waals surface area contributed by atoms with Crippen LogP contribution in [0.15, 0.2) is 28.2 Å². The molecule has 0 aliphatic carbocycles. The number of benzene rings is 1. The second-order valence-corrected chi connectivity index (χ2v) is 3.98. The van der Waals surface area contributed by atoms with Crippen LogP contribution < -0.4 is 10.5 Å². The lowest BCUT2D eigenvalue weighted by Gasteiger charge is -2.10. The molecule has 0 saturated heterocycles. The summed E-state index contributed by atoms with van der Waals surface area (Å²) in [4.78, 5) is 0. The number of hydrogen-bond acceptors (Lipinski definition) is 2. The first-order valence-electron chi connectivity index (χ1n) is 4.08. The second kappa shape index (κ2) is 5.27. The van der Waals surface area contributed by atoms with Crippen LogP contribution in [0.2, 0.25) is 0 Å². The number of nitrogens with two attached hydrogens (primary N) is 1. The average Bonchev–Trinajstić information content (AvgIpc) is 2.09. The molecule has 0 aliphatic heterocycles. The van der Waals surface area contributed by atoms with Gasteiger partial charge < -0.3 is 10.5 Å². The molecule has 76 valence electrons. The summed E-state index contributed by atoms with van der Waals surface area (Å²) in [7, 11) is 0. The summed E-state index contributed by atoms with van der Waals surface area (Å²) in [6, 6.07) is 3.77. The lowest BCUT2D eigenvalue weighted by Crippen LogP contribution is -1.99. The zero-order valence-electron chi connectivity index (χ0n) is 7.76. The fraction of sp³-hybridized carbons (Fsp3) is 0.200. The van der Waals surface area contributed by atoms with E-state index in [1.165, 1.54) is 5.54 Å². The van der Waals surface area contributed by atoms with Crippen molar-refractivity contribution in [3.63, 3.8) is 0 Å². The molecule has 1 aromatic rings. The summed E-state index contributed by atoms with van der Waals surface area (Å²) >= 11 is 8.73. The van der Waals surface area contributed by atoms with Crippen LogP contribution in [-0.4, -0.2) is 6.61 Å². The van der Waals surface area contributed by atoms with Gasteiger partial charge in [-0.15, -0.1) is 0 Å². The van der Waals surface area contributed by atoms with E-state index in [2.05, 4.69) is 15.9 Å². The van der Waals surface area contributed by atoms with Gasteiger partial charge in [-0.25, -0.2) is 0 Å². The van der Waals surface area contributed by atoms with Crippen LogP contribution in [0.5, 0.6) is 5.75 Å². The van der Waals surface area contributed by atoms with Gasteiger partial charge in [0.15, 0.2) is 0 Å². The lowest BCUT2D eigenvalue weighted by atomic mass is 10.2. The Labute approximate surface area is 96.8 Å². The summed E-state index contributed by atoms with van der Waals surface area (Å²) in [5, 5.41) is 0. The summed E-state index contributed by atoms with van der Waals surface area (Å²) in [6.07, 6.45) is 1.71. The summed E-state index contributed by atoms with van der Waals surface area (Å²) in [5.41, 5.74) is 8.84. The molecule has 0 aliphatic rings. The number of nitrogen functional groups attached to an aromatic ring is 1. The van der Waals surface area contributed by atoms with E-state index in [4.69, 9.17) is 22.1 Å². The van der Waals surface area contributed by atoms with Crippen LogP contribution in [0, 0.1) is 6.92 Å². The first-order valence-corrected chi connectivity index (χ1v) is 5.31. The van der Waals surface area contributed by atoms with E-state index in [-0.39, 0.29) is 0 Å². The van der Waals surface area contributed by atoms with Crippen molar-refractivity contribution >= 4 is 33.2 Å². The smallest absolute Gasteiger partial charge is 0.145 e. The monoisotopic (exact) mass is 275 g/mol. The first kappa shape index (κ1) is 11.4. The standard InChI is InChI=1S/C10H11BrClNO/c1-7-5-8(11)6-9(13)10(7)14-4-2-3-12/h2-3,5-6H,4,13H2,1H3/b3-2+. The minimum absolute atomic E-state index is 0.427. The van der Waals surface area contributed by atoms with E-state index in [9.17, 15) is 0 Å². The zero-order valence-corrected chi connectivity index (χ0v) is 10.1. The number of anilines is 1. The molecule has 2 nitrogen and oxygen atoms in total. The molecule has 0 saturated carbocycles. The third-order valence-corrected chi connectivity index (χ3v) is 2.32. The molecule has 4 heteroatoms. The number of rotatable bonds is 3. The minimum atomic E-state index is 0.427. The van der Waals surface area contributed by atoms with Gasteiger partial charge in [0.25, 0.3) is 0 Å². The molecule has 0 atom stereocenters. The Hall–Kier alpha value is -0.670. The topological polar surface area (TPSA) is 35.2 Å². The Kier molecular flexibility index (Phi) is 4.29. The average molecular weight is 277 g/mol. The Morgan fingerprint density at radius 1 is 1.57 bits per heavy atom. The molecule has 0 heterocycles. The van der Waals surface area contributed by atoms with Gasteiger partial charge in [-0.2, -0.15) is 0 Å². The normalized spacial score (nSPS) is 10.8. The maximum absolute atomic E-state index is 5.79. The van der Waals surface area contributed by atoms with Crippen molar-refractivity contribution in [3.05, 3.63) is 33.8 Å². The van der Waals surface area contributed by atoms with Crippen molar-refractivity contribution in [3.8, 4) is 5.75 Å². The molecular weight excluding hydrogens is 265 g/mol. The highest BCUT2D eigenvalue weighted by Gasteiger charge is 2.04. The molecule has 0 aromatic heterocycles. The molecule has 0 spiro atoms. The minimum Gasteiger partial charge on any atom is -0.487 e. The quantitative estimate of drug-likeness (QED) is 0.858. The molecule has 0 bridgehead atoms. The molecular formula is C10H11BrClNO. The van der Waals surface area contributed by atoms with Crippen LogP contribution in [0.1, 0.15) is 5.56 Å². The van der Waals surface area contributed by atoms with E-state index >= 15 is 0 Å². The summed E-state index contributed by atoms with van der Waals surface area (Å²) in [6.45, 7) is 2.37. The fourth-order valence-corrected chi connectivity index (χ4v) is 1.78. The van der Waals surface area contributed by atoms with Crippen LogP contribution in [0.4, 0.5) is 5.69 Å². The van der Waals surface area contributed by atoms with Gasteiger partial charge in [-0.1, -0.05) is 27.5 Å². The van der Waals surface area contributed by atoms with E-state index in [1.807, 2.05) is 19.1 Å². The molecule has 1 aromatic carbocycles. The lowest BCUT2D eigenvalue weighted by molar-refractivity contribution is 0.362. The summed E-state index contributed by atoms with van der Waals surface area (Å²) in [5.74, 6) is 0.711. The molecule has 2 N–H and O–H groups in total. The van der Waals surface area contributed by atoms with Gasteiger partial charge in [0.05, 0.1) is 5.69 Å². The van der Waals surface area contributed by atoms with Gasteiger partial charge >= 0.3 is 0 Å². The highest BCUT2D eigenvalue weighted by Crippen LogP contribution is 2.29. The predicted octanol–water partition coefficient (Wildman–Crippen LogP) is 3.47. The maximum atomic E-state index is 5.79. The van der Waals surface area contributed by atoms with Gasteiger partial charge in [-0.3, -0.25) is 0 Å². The highest BCUT2D eigenvalue weighted by atomic mass is 79.9. The Morgan fingerprint density at radius 3 is 2.86 bits per heavy atom. The van der Waals surface area contributed by atoms with E-state index in [0.29, 0.717) is 18.0 Å². The van der Waals surface area contributed by atoms with Crippen molar-refractivity contribution in [1.29, 1.82) is 0 Å². The number of halogens is 2. The van der Waals surface area contributed by atoms with Crippen LogP contribution in [-0.2, 0) is 0 Å². The third-order valence-electron chi connectivity index (χ3n) is 1.68. The van der Waals surface area contributed by atoms with Crippen molar-refractivity contribution in [2.24, 2.45) is 0 Å². The first-order chi connectivity index (χ1) is 6.65. The van der Waals surface area contributed by atoms with Crippen molar-refractivity contribution in [1.82, 2.24) is 0 Å². The molecule has 0 amide bonds. The van der Waals surface area contributed by atoms with Crippen molar-refractivity contribution in [2.45, 2.75) is 6.92 Å². The van der Waals surface area contributed by atoms with Crippen LogP contribution in [0.3, 0.4) is 0 Å². The van der Waals surface area contributed by atoms with Crippen molar-refractivity contribution in [2.75, 3.05) is 12.3 Å². The molecule has 14 heavy (non-hydrogen) atoms. The molecule has 1 rings (SSSR count). The molecule has 0 fully saturated rings. The number of ether oxygens (including phenoxy) is 1. The van der Waals surface area contributed by atoms with Crippen LogP contribution in [0.25, 0.3) is 0 Å². The molecule has 0 unspecified atom stereocenters. The summed E-state index contributed by atoms with van der Waals surface area (Å²) < 4.78 is 6.40.